The number of ether oxygens (including phenoxy) is 2. The molecule has 4 rings (SSSR count). The molecule has 0 bridgehead atoms. The maximum Gasteiger partial charge on any atom is 0.413 e. The number of ketones is 2. The predicted molar refractivity (Wildman–Crippen MR) is 195 cm³/mol. The van der Waals surface area contributed by atoms with Gasteiger partial charge in [-0.25, -0.2) is 4.79 Å². The first kappa shape index (κ1) is 41.6. The zero-order valence-corrected chi connectivity index (χ0v) is 32.3. The van der Waals surface area contributed by atoms with E-state index in [0.717, 1.165) is 4.90 Å². The van der Waals surface area contributed by atoms with E-state index in [2.05, 4.69) is 5.32 Å². The van der Waals surface area contributed by atoms with Crippen LogP contribution in [0.2, 0.25) is 0 Å². The number of phenolic OH excluding ortho intramolecular Hbond substituents is 1. The number of nitrogens with one attached hydrogen (secondary N) is 1. The van der Waals surface area contributed by atoms with E-state index in [1.54, 1.807) is 53.9 Å². The number of carbonyl (C=O) groups excluding carboxylic acids is 6. The molecule has 0 fully saturated rings. The summed E-state index contributed by atoms with van der Waals surface area (Å²) in [5, 5.41) is 48.6. The molecule has 0 aliphatic heterocycles. The Morgan fingerprint density at radius 3 is 2.13 bits per heavy atom. The Hall–Kier alpha value is -5.16. The quantitative estimate of drug-likeness (QED) is 0.0916. The van der Waals surface area contributed by atoms with Crippen molar-refractivity contribution in [2.45, 2.75) is 78.0 Å². The van der Waals surface area contributed by atoms with Crippen LogP contribution in [0, 0.1) is 17.3 Å². The van der Waals surface area contributed by atoms with Gasteiger partial charge >= 0.3 is 12.1 Å². The molecule has 0 radical (unpaired) electrons. The second kappa shape index (κ2) is 14.6. The van der Waals surface area contributed by atoms with Gasteiger partial charge in [-0.05, 0) is 70.7 Å². The van der Waals surface area contributed by atoms with E-state index < -0.39 is 101 Å². The highest BCUT2D eigenvalue weighted by Crippen LogP contribution is 2.54. The number of hydrogen-bond acceptors (Lipinski definition) is 14. The number of Topliss-reactive ketones (excluding diaryl/α,β-unsaturated/α-hetero) is 2. The molecule has 17 nitrogen and oxygen atoms in total. The maximum absolute atomic E-state index is 14.3. The van der Waals surface area contributed by atoms with Crippen LogP contribution in [-0.2, 0) is 35.1 Å². The van der Waals surface area contributed by atoms with Crippen molar-refractivity contribution in [2.24, 2.45) is 23.0 Å². The number of hydrogen-bond donors (Lipinski definition) is 6. The third kappa shape index (κ3) is 7.59. The van der Waals surface area contributed by atoms with Gasteiger partial charge < -0.3 is 45.9 Å². The normalized spacial score (nSPS) is 22.6. The molecule has 0 heterocycles. The van der Waals surface area contributed by atoms with Gasteiger partial charge in [0.15, 0.2) is 17.1 Å². The molecular formula is C37H51N5O12. The van der Waals surface area contributed by atoms with E-state index in [0.29, 0.717) is 11.3 Å². The van der Waals surface area contributed by atoms with Gasteiger partial charge in [0.2, 0.25) is 18.5 Å². The smallest absolute Gasteiger partial charge is 0.413 e. The fourth-order valence-corrected chi connectivity index (χ4v) is 7.41. The molecule has 296 valence electrons. The molecule has 0 saturated carbocycles. The van der Waals surface area contributed by atoms with Crippen molar-refractivity contribution < 1.29 is 58.7 Å². The average Bonchev–Trinajstić information content (AvgIpc) is 3.00. The lowest BCUT2D eigenvalue weighted by atomic mass is 9.58. The highest BCUT2D eigenvalue weighted by Gasteiger charge is 2.63. The number of amides is 3. The van der Waals surface area contributed by atoms with Crippen molar-refractivity contribution in [1.29, 1.82) is 0 Å². The first-order chi connectivity index (χ1) is 24.7. The summed E-state index contributed by atoms with van der Waals surface area (Å²) in [6, 6.07) is 0.310. The number of anilines is 2. The number of fused-ring (bicyclic) bond motifs is 3. The van der Waals surface area contributed by atoms with Gasteiger partial charge in [-0.1, -0.05) is 20.8 Å². The SMILES string of the molecule is CN(C)c1cc(NC(=O)CN(C(=O)OCOC(=O)CC(C)(C)C)C(C)(C)C)c(O)c2c1C[C@H]1C[C@H]3[C@H](N(C)C)C(O)=C(C(N)=O)C(=O)[C@@]3(O)C(O)=C1C2=O. The molecule has 0 spiro atoms. The maximum atomic E-state index is 14.3. The number of nitrogens with two attached hydrogens (primary N) is 1. The van der Waals surface area contributed by atoms with Crippen LogP contribution in [-0.4, -0.2) is 124 Å². The number of aliphatic hydroxyl groups is 3. The summed E-state index contributed by atoms with van der Waals surface area (Å²) in [4.78, 5) is 83.0. The van der Waals surface area contributed by atoms with Crippen molar-refractivity contribution in [1.82, 2.24) is 9.80 Å². The second-order valence-corrected chi connectivity index (χ2v) is 16.6. The van der Waals surface area contributed by atoms with Crippen LogP contribution in [0.1, 0.15) is 70.3 Å². The molecule has 3 aliphatic carbocycles. The Bertz CT molecular complexity index is 1850. The first-order valence-corrected chi connectivity index (χ1v) is 17.3. The minimum atomic E-state index is -2.81. The first-order valence-electron chi connectivity index (χ1n) is 17.3. The van der Waals surface area contributed by atoms with Gasteiger partial charge in [-0.15, -0.1) is 0 Å². The van der Waals surface area contributed by atoms with Gasteiger partial charge in [-0.3, -0.25) is 33.8 Å². The largest absolute Gasteiger partial charge is 0.510 e. The van der Waals surface area contributed by atoms with E-state index in [9.17, 15) is 49.2 Å². The molecule has 1 aromatic rings. The van der Waals surface area contributed by atoms with Crippen LogP contribution in [0.15, 0.2) is 28.7 Å². The van der Waals surface area contributed by atoms with Gasteiger partial charge in [0.1, 0.15) is 23.6 Å². The number of aromatic hydroxyl groups is 1. The van der Waals surface area contributed by atoms with E-state index in [1.165, 1.54) is 11.0 Å². The number of primary amides is 1. The molecule has 0 unspecified atom stereocenters. The van der Waals surface area contributed by atoms with Crippen LogP contribution >= 0.6 is 0 Å². The van der Waals surface area contributed by atoms with Crippen molar-refractivity contribution in [3.63, 3.8) is 0 Å². The van der Waals surface area contributed by atoms with Gasteiger partial charge in [-0.2, -0.15) is 0 Å². The predicted octanol–water partition coefficient (Wildman–Crippen LogP) is 2.30. The van der Waals surface area contributed by atoms with Gasteiger partial charge in [0.05, 0.1) is 23.7 Å². The molecule has 7 N–H and O–H groups in total. The number of carbonyl (C=O) groups is 6. The Morgan fingerprint density at radius 2 is 1.61 bits per heavy atom. The molecule has 3 aliphatic rings. The monoisotopic (exact) mass is 757 g/mol. The Labute approximate surface area is 313 Å². The number of rotatable bonds is 9. The minimum Gasteiger partial charge on any atom is -0.510 e. The van der Waals surface area contributed by atoms with Crippen molar-refractivity contribution in [2.75, 3.05) is 51.7 Å². The van der Waals surface area contributed by atoms with E-state index in [1.807, 2.05) is 20.8 Å². The number of benzene rings is 1. The van der Waals surface area contributed by atoms with Crippen molar-refractivity contribution >= 4 is 46.8 Å². The number of likely N-dealkylation sites (N-methyl/N-ethyl adjacent to an activating group) is 1. The number of aliphatic hydroxyl groups excluding tert-OH is 2. The Balaban J connectivity index is 1.69. The summed E-state index contributed by atoms with van der Waals surface area (Å²) in [6.07, 6.45) is -0.928. The molecule has 0 aromatic heterocycles. The summed E-state index contributed by atoms with van der Waals surface area (Å²) >= 11 is 0. The lowest BCUT2D eigenvalue weighted by Crippen LogP contribution is -2.63. The summed E-state index contributed by atoms with van der Waals surface area (Å²) in [6.45, 7) is 9.21. The number of esters is 1. The van der Waals surface area contributed by atoms with Crippen LogP contribution in [0.4, 0.5) is 16.2 Å². The van der Waals surface area contributed by atoms with Crippen LogP contribution < -0.4 is 16.0 Å². The summed E-state index contributed by atoms with van der Waals surface area (Å²) in [5.41, 5.74) is 0.258. The summed E-state index contributed by atoms with van der Waals surface area (Å²) in [7, 11) is 6.43. The second-order valence-electron chi connectivity index (χ2n) is 16.6. The fraction of sp³-hybridized carbons (Fsp3) is 0.568. The fourth-order valence-electron chi connectivity index (χ4n) is 7.41. The number of phenols is 1. The molecule has 3 amide bonds. The Kier molecular flexibility index (Phi) is 11.2. The molecule has 54 heavy (non-hydrogen) atoms. The van der Waals surface area contributed by atoms with Crippen LogP contribution in [0.25, 0.3) is 0 Å². The van der Waals surface area contributed by atoms with Gasteiger partial charge in [0.25, 0.3) is 5.91 Å². The third-order valence-corrected chi connectivity index (χ3v) is 9.86. The van der Waals surface area contributed by atoms with E-state index in [4.69, 9.17) is 15.2 Å². The summed E-state index contributed by atoms with van der Waals surface area (Å²) in [5.74, 6) is -9.34. The highest BCUT2D eigenvalue weighted by molar-refractivity contribution is 6.25. The minimum absolute atomic E-state index is 0.0355. The van der Waals surface area contributed by atoms with Crippen molar-refractivity contribution in [3.05, 3.63) is 39.9 Å². The van der Waals surface area contributed by atoms with E-state index >= 15 is 0 Å². The molecule has 1 aromatic carbocycles. The summed E-state index contributed by atoms with van der Waals surface area (Å²) < 4.78 is 10.2. The lowest BCUT2D eigenvalue weighted by molar-refractivity contribution is -0.155. The van der Waals surface area contributed by atoms with Crippen molar-refractivity contribution in [3.8, 4) is 5.75 Å². The topological polar surface area (TPSA) is 250 Å². The molecule has 0 saturated heterocycles. The Morgan fingerprint density at radius 1 is 1.00 bits per heavy atom. The molecule has 4 atom stereocenters. The number of nitrogens with zero attached hydrogens (tertiary/aromatic N) is 3. The zero-order chi connectivity index (χ0) is 41.0. The standard InChI is InChI=1S/C37H51N5O12/c1-35(2,3)14-23(44)53-16-54-34(51)42(36(4,5)6)15-22(43)39-20-13-21(40(7)8)18-11-17-12-19-27(41(9)10)30(47)26(33(38)50)32(49)37(19,52)31(48)24(17)29(46)25(18)28(20)45/h13,17,19,27,45,47-48,52H,11-12,14-16H2,1-10H3,(H2,38,50)(H,39,43)/t17-,19-,27-,37-/m0/s1. The average molecular weight is 758 g/mol. The zero-order valence-electron chi connectivity index (χ0n) is 32.3. The molecular weight excluding hydrogens is 706 g/mol. The van der Waals surface area contributed by atoms with E-state index in [-0.39, 0.29) is 41.5 Å². The van der Waals surface area contributed by atoms with Gasteiger partial charge in [0, 0.05) is 36.8 Å². The molecule has 17 heteroatoms. The lowest BCUT2D eigenvalue weighted by Gasteiger charge is -2.50. The number of allylic oxidation sites excluding steroid dienone is 1. The third-order valence-electron chi connectivity index (χ3n) is 9.86. The highest BCUT2D eigenvalue weighted by atomic mass is 16.7. The van der Waals surface area contributed by atoms with Crippen LogP contribution in [0.3, 0.4) is 0 Å². The van der Waals surface area contributed by atoms with Crippen LogP contribution in [0.5, 0.6) is 5.75 Å².